The van der Waals surface area contributed by atoms with Crippen LogP contribution in [0.4, 0.5) is 0 Å². The summed E-state index contributed by atoms with van der Waals surface area (Å²) in [4.78, 5) is 19.5. The molecule has 8 aromatic rings. The van der Waals surface area contributed by atoms with Crippen LogP contribution in [0.3, 0.4) is 0 Å². The minimum Gasteiger partial charge on any atom is -0.264 e. The largest absolute Gasteiger partial charge is 0.264 e. The number of rotatable bonds is 3. The van der Waals surface area contributed by atoms with Gasteiger partial charge in [-0.05, 0) is 45.8 Å². The number of pyridine rings is 4. The van der Waals surface area contributed by atoms with Crippen LogP contribution < -0.4 is 0 Å². The molecule has 8 rings (SSSR count). The van der Waals surface area contributed by atoms with Crippen LogP contribution in [0.5, 0.6) is 0 Å². The summed E-state index contributed by atoms with van der Waals surface area (Å²) in [5.41, 5.74) is 5.47. The zero-order chi connectivity index (χ0) is 26.5. The molecule has 0 unspecified atom stereocenters. The van der Waals surface area contributed by atoms with Crippen molar-refractivity contribution >= 4 is 43.1 Å². The topological polar surface area (TPSA) is 51.6 Å². The van der Waals surface area contributed by atoms with Gasteiger partial charge >= 0.3 is 0 Å². The number of aromatic nitrogens is 4. The van der Waals surface area contributed by atoms with Crippen LogP contribution in [-0.2, 0) is 0 Å². The molecule has 0 atom stereocenters. The van der Waals surface area contributed by atoms with Crippen molar-refractivity contribution in [2.24, 2.45) is 0 Å². The van der Waals surface area contributed by atoms with Crippen molar-refractivity contribution in [2.75, 3.05) is 0 Å². The van der Waals surface area contributed by atoms with Gasteiger partial charge in [-0.25, -0.2) is 0 Å². The van der Waals surface area contributed by atoms with E-state index in [9.17, 15) is 0 Å². The first kappa shape index (κ1) is 22.5. The van der Waals surface area contributed by atoms with Gasteiger partial charge in [0.2, 0.25) is 0 Å². The van der Waals surface area contributed by atoms with Gasteiger partial charge in [0.15, 0.2) is 0 Å². The molecule has 0 aliphatic carbocycles. The van der Waals surface area contributed by atoms with Crippen molar-refractivity contribution in [2.45, 2.75) is 0 Å². The van der Waals surface area contributed by atoms with Gasteiger partial charge < -0.3 is 0 Å². The lowest BCUT2D eigenvalue weighted by atomic mass is 9.85. The molecule has 4 heterocycles. The lowest BCUT2D eigenvalue weighted by Crippen LogP contribution is -1.99. The lowest BCUT2D eigenvalue weighted by Gasteiger charge is -2.20. The van der Waals surface area contributed by atoms with Gasteiger partial charge in [0, 0.05) is 75.3 Å². The molecule has 0 spiro atoms. The summed E-state index contributed by atoms with van der Waals surface area (Å²) in [6.07, 6.45) is 9.35. The molecule has 0 saturated carbocycles. The maximum atomic E-state index is 5.03. The zero-order valence-corrected chi connectivity index (χ0v) is 21.4. The average molecular weight is 510 g/mol. The van der Waals surface area contributed by atoms with Crippen LogP contribution in [0, 0.1) is 6.07 Å². The van der Waals surface area contributed by atoms with E-state index in [0.29, 0.717) is 0 Å². The SMILES string of the molecule is [c]1c(-c2nccc3ccccc23)c(-c2nccc3ccccc23)c(-c2nccc3ccccc23)c2ccncc12. The van der Waals surface area contributed by atoms with E-state index in [1.54, 1.807) is 0 Å². The molecular formula is C36H21N4. The maximum Gasteiger partial charge on any atom is 0.0794 e. The Bertz CT molecular complexity index is 2220. The molecule has 4 aromatic heterocycles. The molecule has 0 amide bonds. The van der Waals surface area contributed by atoms with Crippen LogP contribution in [-0.4, -0.2) is 19.9 Å². The molecule has 0 fully saturated rings. The van der Waals surface area contributed by atoms with Gasteiger partial charge in [-0.2, -0.15) is 0 Å². The third-order valence-electron chi connectivity index (χ3n) is 7.58. The van der Waals surface area contributed by atoms with Crippen molar-refractivity contribution in [1.82, 2.24) is 19.9 Å². The third kappa shape index (κ3) is 3.47. The Kier molecular flexibility index (Phi) is 5.10. The molecule has 0 N–H and O–H groups in total. The number of hydrogen-bond donors (Lipinski definition) is 0. The number of benzene rings is 4. The summed E-state index contributed by atoms with van der Waals surface area (Å²) < 4.78 is 0. The second-order valence-electron chi connectivity index (χ2n) is 9.81. The highest BCUT2D eigenvalue weighted by Crippen LogP contribution is 2.47. The number of nitrogens with zero attached hydrogens (tertiary/aromatic N) is 4. The van der Waals surface area contributed by atoms with Crippen LogP contribution in [0.1, 0.15) is 0 Å². The second-order valence-corrected chi connectivity index (χ2v) is 9.81. The van der Waals surface area contributed by atoms with Crippen LogP contribution >= 0.6 is 0 Å². The maximum absolute atomic E-state index is 5.03. The highest BCUT2D eigenvalue weighted by Gasteiger charge is 2.24. The van der Waals surface area contributed by atoms with Crippen molar-refractivity contribution in [1.29, 1.82) is 0 Å². The van der Waals surface area contributed by atoms with Gasteiger partial charge in [-0.15, -0.1) is 0 Å². The number of hydrogen-bond acceptors (Lipinski definition) is 4. The normalized spacial score (nSPS) is 11.5. The first-order chi connectivity index (χ1) is 19.9. The van der Waals surface area contributed by atoms with Crippen LogP contribution in [0.15, 0.2) is 128 Å². The molecule has 0 bridgehead atoms. The Labute approximate surface area is 230 Å². The van der Waals surface area contributed by atoms with E-state index in [0.717, 1.165) is 76.9 Å². The summed E-state index contributed by atoms with van der Waals surface area (Å²) in [5, 5.41) is 8.49. The van der Waals surface area contributed by atoms with Crippen molar-refractivity contribution in [3.63, 3.8) is 0 Å². The van der Waals surface area contributed by atoms with Gasteiger partial charge in [0.1, 0.15) is 0 Å². The van der Waals surface area contributed by atoms with E-state index in [-0.39, 0.29) is 0 Å². The third-order valence-corrected chi connectivity index (χ3v) is 7.58. The minimum absolute atomic E-state index is 0.857. The van der Waals surface area contributed by atoms with E-state index >= 15 is 0 Å². The monoisotopic (exact) mass is 509 g/mol. The van der Waals surface area contributed by atoms with E-state index in [4.69, 9.17) is 15.0 Å². The molecular weight excluding hydrogens is 488 g/mol. The molecule has 0 aliphatic rings. The van der Waals surface area contributed by atoms with E-state index in [2.05, 4.69) is 102 Å². The fourth-order valence-electron chi connectivity index (χ4n) is 5.79. The van der Waals surface area contributed by atoms with Crippen LogP contribution in [0.25, 0.3) is 76.9 Å². The van der Waals surface area contributed by atoms with E-state index in [1.807, 2.05) is 37.1 Å². The predicted octanol–water partition coefficient (Wildman–Crippen LogP) is 8.68. The Morgan fingerprint density at radius 1 is 0.425 bits per heavy atom. The van der Waals surface area contributed by atoms with Crippen molar-refractivity contribution < 1.29 is 0 Å². The standard InChI is InChI=1S/C36H21N4/c1-4-10-28-23(7-1)13-18-38-34(28)31-21-26-22-37-17-16-27(26)32(35-29-11-5-2-8-24(29)14-19-39-35)33(31)36-30-12-6-3-9-25(30)15-20-40-36/h1-20,22H. The van der Waals surface area contributed by atoms with Gasteiger partial charge in [0.25, 0.3) is 0 Å². The van der Waals surface area contributed by atoms with Crippen LogP contribution in [0.2, 0.25) is 0 Å². The molecule has 185 valence electrons. The van der Waals surface area contributed by atoms with E-state index < -0.39 is 0 Å². The molecule has 4 heteroatoms. The molecule has 0 saturated heterocycles. The highest BCUT2D eigenvalue weighted by molar-refractivity contribution is 6.16. The zero-order valence-electron chi connectivity index (χ0n) is 21.4. The molecule has 1 radical (unpaired) electrons. The summed E-state index contributed by atoms with van der Waals surface area (Å²) in [5.74, 6) is 0. The minimum atomic E-state index is 0.857. The Balaban J connectivity index is 1.63. The Morgan fingerprint density at radius 3 is 1.52 bits per heavy atom. The Hall–Kier alpha value is -5.48. The summed E-state index contributed by atoms with van der Waals surface area (Å²) in [6.45, 7) is 0. The summed E-state index contributed by atoms with van der Waals surface area (Å²) in [6, 6.07) is 37.1. The van der Waals surface area contributed by atoms with Crippen molar-refractivity contribution in [3.05, 3.63) is 134 Å². The summed E-state index contributed by atoms with van der Waals surface area (Å²) >= 11 is 0. The Morgan fingerprint density at radius 2 is 0.925 bits per heavy atom. The van der Waals surface area contributed by atoms with Gasteiger partial charge in [-0.3, -0.25) is 19.9 Å². The fourth-order valence-corrected chi connectivity index (χ4v) is 5.79. The van der Waals surface area contributed by atoms with Crippen molar-refractivity contribution in [3.8, 4) is 33.8 Å². The lowest BCUT2D eigenvalue weighted by molar-refractivity contribution is 1.31. The molecule has 4 nitrogen and oxygen atoms in total. The predicted molar refractivity (Wildman–Crippen MR) is 163 cm³/mol. The molecule has 40 heavy (non-hydrogen) atoms. The number of fused-ring (bicyclic) bond motifs is 4. The highest BCUT2D eigenvalue weighted by atomic mass is 14.7. The van der Waals surface area contributed by atoms with Gasteiger partial charge in [0.05, 0.1) is 17.1 Å². The fraction of sp³-hybridized carbons (Fsp3) is 0. The van der Waals surface area contributed by atoms with Gasteiger partial charge in [-0.1, -0.05) is 72.8 Å². The molecule has 4 aromatic carbocycles. The summed E-state index contributed by atoms with van der Waals surface area (Å²) in [7, 11) is 0. The average Bonchev–Trinajstić information content (AvgIpc) is 3.03. The molecule has 0 aliphatic heterocycles. The van der Waals surface area contributed by atoms with E-state index in [1.165, 1.54) is 0 Å². The quantitative estimate of drug-likeness (QED) is 0.239. The first-order valence-corrected chi connectivity index (χ1v) is 13.2. The smallest absolute Gasteiger partial charge is 0.0794 e. The first-order valence-electron chi connectivity index (χ1n) is 13.2. The second kappa shape index (κ2) is 9.07.